The number of aromatic nitrogens is 1. The molecule has 0 aliphatic carbocycles. The van der Waals surface area contributed by atoms with Crippen LogP contribution in [0.4, 0.5) is 0 Å². The van der Waals surface area contributed by atoms with E-state index in [9.17, 15) is 0 Å². The Morgan fingerprint density at radius 3 is 2.55 bits per heavy atom. The van der Waals surface area contributed by atoms with Gasteiger partial charge in [-0.2, -0.15) is 5.26 Å². The van der Waals surface area contributed by atoms with Gasteiger partial charge in [-0.15, -0.1) is 0 Å². The first-order valence-corrected chi connectivity index (χ1v) is 6.51. The average molecular weight is 267 g/mol. The van der Waals surface area contributed by atoms with Gasteiger partial charge in [0, 0.05) is 25.0 Å². The zero-order chi connectivity index (χ0) is 14.2. The Balaban J connectivity index is 1.86. The lowest BCUT2D eigenvalue weighted by Crippen LogP contribution is -2.18. The van der Waals surface area contributed by atoms with Gasteiger partial charge in [0.2, 0.25) is 0 Å². The fourth-order valence-corrected chi connectivity index (χ4v) is 1.86. The van der Waals surface area contributed by atoms with Crippen LogP contribution in [0.5, 0.6) is 5.75 Å². The predicted molar refractivity (Wildman–Crippen MR) is 77.0 cm³/mol. The van der Waals surface area contributed by atoms with E-state index in [0.29, 0.717) is 0 Å². The van der Waals surface area contributed by atoms with Crippen molar-refractivity contribution in [2.75, 3.05) is 6.61 Å². The number of ether oxygens (including phenoxy) is 1. The second-order valence-electron chi connectivity index (χ2n) is 4.47. The van der Waals surface area contributed by atoms with Gasteiger partial charge in [0.05, 0.1) is 0 Å². The molecule has 0 aliphatic heterocycles. The molecule has 0 unspecified atom stereocenters. The Morgan fingerprint density at radius 1 is 1.20 bits per heavy atom. The van der Waals surface area contributed by atoms with Gasteiger partial charge in [-0.05, 0) is 42.3 Å². The number of rotatable bonds is 6. The zero-order valence-corrected chi connectivity index (χ0v) is 11.4. The molecule has 2 rings (SSSR count). The van der Waals surface area contributed by atoms with Crippen molar-refractivity contribution in [2.24, 2.45) is 0 Å². The van der Waals surface area contributed by atoms with Crippen LogP contribution in [0.3, 0.4) is 0 Å². The van der Waals surface area contributed by atoms with Gasteiger partial charge in [0.1, 0.15) is 11.8 Å². The molecule has 2 aromatic rings. The number of hydrogen-bond donors (Lipinski definition) is 1. The van der Waals surface area contributed by atoms with Gasteiger partial charge in [-0.1, -0.05) is 12.1 Å². The van der Waals surface area contributed by atoms with Gasteiger partial charge >= 0.3 is 0 Å². The molecule has 0 fully saturated rings. The minimum Gasteiger partial charge on any atom is -0.479 e. The summed E-state index contributed by atoms with van der Waals surface area (Å²) in [5, 5.41) is 11.9. The standard InChI is InChI=1S/C16H17N3O/c1-13(15-6-9-18-10-7-15)19-12-14-2-4-16(5-3-14)20-11-8-17/h2-7,9-10,13,19H,11-12H2,1H3/t13-/m1/s1. The summed E-state index contributed by atoms with van der Waals surface area (Å²) in [6.45, 7) is 2.98. The minimum atomic E-state index is 0.0800. The molecule has 0 amide bonds. The predicted octanol–water partition coefficient (Wildman–Crippen LogP) is 2.83. The number of nitrogens with zero attached hydrogens (tertiary/aromatic N) is 2. The maximum atomic E-state index is 8.45. The van der Waals surface area contributed by atoms with E-state index in [4.69, 9.17) is 10.00 Å². The quantitative estimate of drug-likeness (QED) is 0.874. The summed E-state index contributed by atoms with van der Waals surface area (Å²) < 4.78 is 5.22. The van der Waals surface area contributed by atoms with Gasteiger partial charge < -0.3 is 10.1 Å². The van der Waals surface area contributed by atoms with Crippen molar-refractivity contribution >= 4 is 0 Å². The number of hydrogen-bond acceptors (Lipinski definition) is 4. The van der Waals surface area contributed by atoms with Crippen LogP contribution in [-0.4, -0.2) is 11.6 Å². The normalized spacial score (nSPS) is 11.6. The highest BCUT2D eigenvalue weighted by Crippen LogP contribution is 2.14. The van der Waals surface area contributed by atoms with Crippen molar-refractivity contribution in [3.05, 3.63) is 59.9 Å². The van der Waals surface area contributed by atoms with E-state index >= 15 is 0 Å². The van der Waals surface area contributed by atoms with Crippen molar-refractivity contribution < 1.29 is 4.74 Å². The molecular weight excluding hydrogens is 250 g/mol. The van der Waals surface area contributed by atoms with Crippen LogP contribution in [0.25, 0.3) is 0 Å². The lowest BCUT2D eigenvalue weighted by molar-refractivity contribution is 0.368. The maximum absolute atomic E-state index is 8.45. The fourth-order valence-electron chi connectivity index (χ4n) is 1.86. The van der Waals surface area contributed by atoms with Gasteiger partial charge in [-0.3, -0.25) is 4.98 Å². The lowest BCUT2D eigenvalue weighted by atomic mass is 10.1. The smallest absolute Gasteiger partial charge is 0.174 e. The second kappa shape index (κ2) is 7.27. The Kier molecular flexibility index (Phi) is 5.10. The Bertz CT molecular complexity index is 561. The third-order valence-corrected chi connectivity index (χ3v) is 3.05. The van der Waals surface area contributed by atoms with E-state index in [-0.39, 0.29) is 12.6 Å². The van der Waals surface area contributed by atoms with Crippen LogP contribution in [-0.2, 0) is 6.54 Å². The molecule has 20 heavy (non-hydrogen) atoms. The number of nitrogens with one attached hydrogen (secondary N) is 1. The molecule has 0 radical (unpaired) electrons. The monoisotopic (exact) mass is 267 g/mol. The topological polar surface area (TPSA) is 57.9 Å². The highest BCUT2D eigenvalue weighted by Gasteiger charge is 2.04. The molecule has 4 nitrogen and oxygen atoms in total. The van der Waals surface area contributed by atoms with Crippen molar-refractivity contribution in [1.82, 2.24) is 10.3 Å². The first-order valence-electron chi connectivity index (χ1n) is 6.51. The van der Waals surface area contributed by atoms with Crippen LogP contribution < -0.4 is 10.1 Å². The molecule has 0 bridgehead atoms. The van der Waals surface area contributed by atoms with Crippen molar-refractivity contribution in [3.8, 4) is 11.8 Å². The molecule has 1 N–H and O–H groups in total. The molecule has 1 heterocycles. The summed E-state index contributed by atoms with van der Waals surface area (Å²) in [5.74, 6) is 0.720. The number of nitriles is 1. The largest absolute Gasteiger partial charge is 0.479 e. The molecule has 4 heteroatoms. The summed E-state index contributed by atoms with van der Waals surface area (Å²) in [4.78, 5) is 4.02. The molecule has 1 atom stereocenters. The van der Waals surface area contributed by atoms with Crippen molar-refractivity contribution in [3.63, 3.8) is 0 Å². The lowest BCUT2D eigenvalue weighted by Gasteiger charge is -2.14. The highest BCUT2D eigenvalue weighted by atomic mass is 16.5. The summed E-state index contributed by atoms with van der Waals surface area (Å²) in [6.07, 6.45) is 3.60. The molecule has 1 aromatic heterocycles. The highest BCUT2D eigenvalue weighted by molar-refractivity contribution is 5.27. The van der Waals surface area contributed by atoms with Crippen LogP contribution in [0.15, 0.2) is 48.8 Å². The zero-order valence-electron chi connectivity index (χ0n) is 11.4. The summed E-state index contributed by atoms with van der Waals surface area (Å²) in [7, 11) is 0. The van der Waals surface area contributed by atoms with E-state index in [1.807, 2.05) is 42.5 Å². The second-order valence-corrected chi connectivity index (χ2v) is 4.47. The Labute approximate surface area is 119 Å². The number of benzene rings is 1. The first-order chi connectivity index (χ1) is 9.79. The van der Waals surface area contributed by atoms with Crippen LogP contribution in [0, 0.1) is 11.3 Å². The van der Waals surface area contributed by atoms with Gasteiger partial charge in [0.25, 0.3) is 0 Å². The fraction of sp³-hybridized carbons (Fsp3) is 0.250. The van der Waals surface area contributed by atoms with E-state index in [1.54, 1.807) is 12.4 Å². The van der Waals surface area contributed by atoms with E-state index in [0.717, 1.165) is 12.3 Å². The minimum absolute atomic E-state index is 0.0800. The molecule has 0 saturated carbocycles. The van der Waals surface area contributed by atoms with E-state index < -0.39 is 0 Å². The third-order valence-electron chi connectivity index (χ3n) is 3.05. The molecule has 0 aliphatic rings. The Hall–Kier alpha value is -2.38. The summed E-state index contributed by atoms with van der Waals surface area (Å²) in [6, 6.07) is 14.0. The van der Waals surface area contributed by atoms with Crippen LogP contribution >= 0.6 is 0 Å². The molecule has 0 saturated heterocycles. The summed E-state index contributed by atoms with van der Waals surface area (Å²) in [5.41, 5.74) is 2.39. The van der Waals surface area contributed by atoms with Crippen LogP contribution in [0.2, 0.25) is 0 Å². The third kappa shape index (κ3) is 4.08. The van der Waals surface area contributed by atoms with Crippen LogP contribution in [0.1, 0.15) is 24.1 Å². The van der Waals surface area contributed by atoms with Gasteiger partial charge in [-0.25, -0.2) is 0 Å². The SMILES string of the molecule is C[C@@H](NCc1ccc(OCC#N)cc1)c1ccncc1. The number of pyridine rings is 1. The first kappa shape index (κ1) is 14.0. The van der Waals surface area contributed by atoms with Gasteiger partial charge in [0.15, 0.2) is 6.61 Å². The summed E-state index contributed by atoms with van der Waals surface area (Å²) >= 11 is 0. The van der Waals surface area contributed by atoms with Crippen molar-refractivity contribution in [1.29, 1.82) is 5.26 Å². The average Bonchev–Trinajstić information content (AvgIpc) is 2.52. The molecular formula is C16H17N3O. The molecule has 0 spiro atoms. The molecule has 102 valence electrons. The maximum Gasteiger partial charge on any atom is 0.174 e. The molecule has 1 aromatic carbocycles. The van der Waals surface area contributed by atoms with E-state index in [2.05, 4.69) is 17.2 Å². The van der Waals surface area contributed by atoms with Crippen molar-refractivity contribution in [2.45, 2.75) is 19.5 Å². The Morgan fingerprint density at radius 2 is 1.90 bits per heavy atom. The van der Waals surface area contributed by atoms with E-state index in [1.165, 1.54) is 11.1 Å².